The van der Waals surface area contributed by atoms with E-state index in [0.29, 0.717) is 6.54 Å². The van der Waals surface area contributed by atoms with E-state index >= 15 is 0 Å². The molecule has 0 unspecified atom stereocenters. The van der Waals surface area contributed by atoms with E-state index in [1.54, 1.807) is 0 Å². The molecule has 0 atom stereocenters. The Kier molecular flexibility index (Phi) is 4.10. The smallest absolute Gasteiger partial charge is 0.00998 e. The van der Waals surface area contributed by atoms with Crippen LogP contribution in [0, 0.1) is 5.92 Å². The van der Waals surface area contributed by atoms with Crippen LogP contribution in [0.2, 0.25) is 0 Å². The van der Waals surface area contributed by atoms with Crippen LogP contribution in [-0.4, -0.2) is 6.54 Å². The van der Waals surface area contributed by atoms with Gasteiger partial charge in [-0.3, -0.25) is 5.73 Å². The number of hydrogen-bond acceptors (Lipinski definition) is 0. The zero-order chi connectivity index (χ0) is 5.70. The normalized spacial score (nSPS) is 10.3. The predicted octanol–water partition coefficient (Wildman–Crippen LogP) is 1.71. The van der Waals surface area contributed by atoms with Crippen molar-refractivity contribution in [1.29, 1.82) is 0 Å². The molecular formula is C6H14N. The van der Waals surface area contributed by atoms with E-state index in [-0.39, 0.29) is 0 Å². The van der Waals surface area contributed by atoms with Gasteiger partial charge in [0.15, 0.2) is 0 Å². The fourth-order valence-electron chi connectivity index (χ4n) is 0.510. The molecule has 0 aliphatic rings. The summed E-state index contributed by atoms with van der Waals surface area (Å²) in [6.45, 7) is 4.98. The molecule has 1 N–H and O–H groups in total. The van der Waals surface area contributed by atoms with Crippen molar-refractivity contribution >= 4 is 0 Å². The molecule has 0 aromatic carbocycles. The second-order valence-electron chi connectivity index (χ2n) is 2.29. The molecule has 1 radical (unpaired) electrons. The third kappa shape index (κ3) is 5.96. The number of nitrogens with one attached hydrogen (secondary N) is 1. The lowest BCUT2D eigenvalue weighted by Gasteiger charge is -1.98. The molecule has 0 heterocycles. The van der Waals surface area contributed by atoms with E-state index in [9.17, 15) is 0 Å². The summed E-state index contributed by atoms with van der Waals surface area (Å²) in [6, 6.07) is 0. The van der Waals surface area contributed by atoms with Crippen molar-refractivity contribution in [3.8, 4) is 0 Å². The molecule has 0 saturated heterocycles. The third-order valence-corrected chi connectivity index (χ3v) is 0.958. The molecule has 43 valence electrons. The maximum Gasteiger partial charge on any atom is 0.00998 e. The lowest BCUT2D eigenvalue weighted by Crippen LogP contribution is -1.90. The minimum Gasteiger partial charge on any atom is -0.258 e. The van der Waals surface area contributed by atoms with Crippen molar-refractivity contribution in [2.45, 2.75) is 26.7 Å². The van der Waals surface area contributed by atoms with E-state index < -0.39 is 0 Å². The van der Waals surface area contributed by atoms with Gasteiger partial charge in [0.05, 0.1) is 0 Å². The second-order valence-corrected chi connectivity index (χ2v) is 2.29. The summed E-state index contributed by atoms with van der Waals surface area (Å²) in [4.78, 5) is 0. The Labute approximate surface area is 45.9 Å². The predicted molar refractivity (Wildman–Crippen MR) is 32.0 cm³/mol. The highest BCUT2D eigenvalue weighted by molar-refractivity contribution is 4.44. The van der Waals surface area contributed by atoms with Crippen LogP contribution in [0.15, 0.2) is 0 Å². The minimum absolute atomic E-state index is 0.595. The van der Waals surface area contributed by atoms with Crippen molar-refractivity contribution in [2.24, 2.45) is 5.92 Å². The van der Waals surface area contributed by atoms with Gasteiger partial charge in [-0.15, -0.1) is 0 Å². The molecule has 0 aromatic rings. The molecule has 0 saturated carbocycles. The summed E-state index contributed by atoms with van der Waals surface area (Å²) in [7, 11) is 0. The Morgan fingerprint density at radius 3 is 2.14 bits per heavy atom. The van der Waals surface area contributed by atoms with Crippen molar-refractivity contribution in [3.63, 3.8) is 0 Å². The Hall–Kier alpha value is -0.0400. The fourth-order valence-corrected chi connectivity index (χ4v) is 0.510. The van der Waals surface area contributed by atoms with Crippen molar-refractivity contribution in [3.05, 3.63) is 0 Å². The fraction of sp³-hybridized carbons (Fsp3) is 1.00. The molecule has 7 heavy (non-hydrogen) atoms. The van der Waals surface area contributed by atoms with Gasteiger partial charge >= 0.3 is 0 Å². The van der Waals surface area contributed by atoms with Crippen molar-refractivity contribution < 1.29 is 0 Å². The van der Waals surface area contributed by atoms with Crippen molar-refractivity contribution in [2.75, 3.05) is 6.54 Å². The quantitative estimate of drug-likeness (QED) is 0.515. The molecule has 0 spiro atoms. The Balaban J connectivity index is 2.68. The summed E-state index contributed by atoms with van der Waals surface area (Å²) in [6.07, 6.45) is 2.28. The van der Waals surface area contributed by atoms with Crippen molar-refractivity contribution in [1.82, 2.24) is 5.73 Å². The van der Waals surface area contributed by atoms with Gasteiger partial charge in [0.25, 0.3) is 0 Å². The highest BCUT2D eigenvalue weighted by Gasteiger charge is 1.89. The average molecular weight is 100 g/mol. The van der Waals surface area contributed by atoms with E-state index in [2.05, 4.69) is 13.8 Å². The van der Waals surface area contributed by atoms with Crippen LogP contribution in [0.4, 0.5) is 0 Å². The number of rotatable bonds is 3. The lowest BCUT2D eigenvalue weighted by atomic mass is 10.1. The largest absolute Gasteiger partial charge is 0.258 e. The van der Waals surface area contributed by atoms with Crippen LogP contribution in [-0.2, 0) is 0 Å². The van der Waals surface area contributed by atoms with E-state index in [4.69, 9.17) is 5.73 Å². The van der Waals surface area contributed by atoms with Gasteiger partial charge in [-0.25, -0.2) is 0 Å². The van der Waals surface area contributed by atoms with Crippen LogP contribution in [0.3, 0.4) is 0 Å². The summed E-state index contributed by atoms with van der Waals surface area (Å²) in [5.41, 5.74) is 6.80. The van der Waals surface area contributed by atoms with Crippen LogP contribution in [0.25, 0.3) is 0 Å². The maximum atomic E-state index is 6.80. The zero-order valence-electron chi connectivity index (χ0n) is 5.20. The summed E-state index contributed by atoms with van der Waals surface area (Å²) < 4.78 is 0. The molecule has 1 nitrogen and oxygen atoms in total. The standard InChI is InChI=1S/C6H14N/c1-6(2)4-3-5-7/h6-7H,3-5H2,1-2H3. The van der Waals surface area contributed by atoms with Crippen LogP contribution >= 0.6 is 0 Å². The Bertz CT molecular complexity index is 33.2. The highest BCUT2D eigenvalue weighted by Crippen LogP contribution is 2.00. The molecule has 0 aliphatic heterocycles. The minimum atomic E-state index is 0.595. The van der Waals surface area contributed by atoms with Gasteiger partial charge in [-0.2, -0.15) is 0 Å². The first-order valence-corrected chi connectivity index (χ1v) is 2.92. The zero-order valence-corrected chi connectivity index (χ0v) is 5.20. The van der Waals surface area contributed by atoms with E-state index in [0.717, 1.165) is 12.3 Å². The molecule has 1 heteroatoms. The molecule has 0 aromatic heterocycles. The SMILES string of the molecule is CC(C)CCC[NH]. The van der Waals surface area contributed by atoms with Crippen LogP contribution < -0.4 is 5.73 Å². The lowest BCUT2D eigenvalue weighted by molar-refractivity contribution is 0.558. The van der Waals surface area contributed by atoms with Gasteiger partial charge in [0, 0.05) is 6.54 Å². The first-order valence-electron chi connectivity index (χ1n) is 2.92. The van der Waals surface area contributed by atoms with Gasteiger partial charge in [-0.1, -0.05) is 13.8 Å². The molecule has 0 aliphatic carbocycles. The summed E-state index contributed by atoms with van der Waals surface area (Å²) >= 11 is 0. The Morgan fingerprint density at radius 1 is 1.43 bits per heavy atom. The molecule has 0 bridgehead atoms. The second kappa shape index (κ2) is 4.13. The first kappa shape index (κ1) is 6.96. The topological polar surface area (TPSA) is 23.8 Å². The molecular weight excluding hydrogens is 86.1 g/mol. The average Bonchev–Trinajstić information content (AvgIpc) is 1.61. The summed E-state index contributed by atoms with van der Waals surface area (Å²) in [5.74, 6) is 0.783. The Morgan fingerprint density at radius 2 is 2.00 bits per heavy atom. The van der Waals surface area contributed by atoms with Gasteiger partial charge in [0.2, 0.25) is 0 Å². The first-order chi connectivity index (χ1) is 3.27. The van der Waals surface area contributed by atoms with Gasteiger partial charge < -0.3 is 0 Å². The monoisotopic (exact) mass is 100 g/mol. The third-order valence-electron chi connectivity index (χ3n) is 0.958. The van der Waals surface area contributed by atoms with Crippen LogP contribution in [0.1, 0.15) is 26.7 Å². The summed E-state index contributed by atoms with van der Waals surface area (Å²) in [5, 5.41) is 0. The van der Waals surface area contributed by atoms with E-state index in [1.165, 1.54) is 6.42 Å². The highest BCUT2D eigenvalue weighted by atomic mass is 14.5. The molecule has 0 rings (SSSR count). The maximum absolute atomic E-state index is 6.80. The molecule has 0 fully saturated rings. The van der Waals surface area contributed by atoms with Gasteiger partial charge in [-0.05, 0) is 18.8 Å². The van der Waals surface area contributed by atoms with E-state index in [1.807, 2.05) is 0 Å². The van der Waals surface area contributed by atoms with Crippen LogP contribution in [0.5, 0.6) is 0 Å². The molecule has 0 amide bonds. The van der Waals surface area contributed by atoms with Gasteiger partial charge in [0.1, 0.15) is 0 Å². The number of hydrogen-bond donors (Lipinski definition) is 0.